The fraction of sp³-hybridized carbons (Fsp3) is 0.300. The van der Waals surface area contributed by atoms with E-state index in [9.17, 15) is 9.18 Å². The Hall–Kier alpha value is -0.900. The molecular formula is C10H11BrFNO. The van der Waals surface area contributed by atoms with E-state index in [0.717, 1.165) is 0 Å². The van der Waals surface area contributed by atoms with E-state index in [2.05, 4.69) is 21.2 Å². The van der Waals surface area contributed by atoms with Gasteiger partial charge in [0.05, 0.1) is 10.0 Å². The van der Waals surface area contributed by atoms with Crippen LogP contribution in [0.2, 0.25) is 0 Å². The zero-order chi connectivity index (χ0) is 10.7. The van der Waals surface area contributed by atoms with Crippen molar-refractivity contribution in [1.82, 2.24) is 5.32 Å². The van der Waals surface area contributed by atoms with Gasteiger partial charge in [0.15, 0.2) is 0 Å². The van der Waals surface area contributed by atoms with Crippen LogP contribution in [-0.2, 0) is 0 Å². The van der Waals surface area contributed by atoms with Gasteiger partial charge in [-0.05, 0) is 41.9 Å². The molecule has 1 aromatic carbocycles. The zero-order valence-corrected chi connectivity index (χ0v) is 9.56. The number of benzene rings is 1. The van der Waals surface area contributed by atoms with Crippen molar-refractivity contribution in [3.05, 3.63) is 34.1 Å². The predicted molar refractivity (Wildman–Crippen MR) is 56.7 cm³/mol. The van der Waals surface area contributed by atoms with Crippen LogP contribution in [0.5, 0.6) is 0 Å². The van der Waals surface area contributed by atoms with Crippen LogP contribution in [0.4, 0.5) is 4.39 Å². The molecule has 0 radical (unpaired) electrons. The summed E-state index contributed by atoms with van der Waals surface area (Å²) in [6, 6.07) is 4.42. The van der Waals surface area contributed by atoms with Crippen LogP contribution in [0.1, 0.15) is 24.2 Å². The smallest absolute Gasteiger partial charge is 0.252 e. The van der Waals surface area contributed by atoms with Gasteiger partial charge in [0.1, 0.15) is 5.82 Å². The van der Waals surface area contributed by atoms with Crippen molar-refractivity contribution in [3.8, 4) is 0 Å². The summed E-state index contributed by atoms with van der Waals surface area (Å²) in [5, 5.41) is 2.69. The lowest BCUT2D eigenvalue weighted by Gasteiger charge is -2.09. The Balaban J connectivity index is 2.96. The molecule has 0 saturated heterocycles. The van der Waals surface area contributed by atoms with Gasteiger partial charge in [0.25, 0.3) is 5.91 Å². The molecule has 0 bridgehead atoms. The highest BCUT2D eigenvalue weighted by Crippen LogP contribution is 2.20. The fourth-order valence-corrected chi connectivity index (χ4v) is 1.46. The van der Waals surface area contributed by atoms with Crippen molar-refractivity contribution in [2.45, 2.75) is 19.9 Å². The highest BCUT2D eigenvalue weighted by Gasteiger charge is 2.13. The molecule has 0 atom stereocenters. The highest BCUT2D eigenvalue weighted by atomic mass is 79.9. The molecule has 0 aliphatic carbocycles. The molecule has 14 heavy (non-hydrogen) atoms. The molecule has 0 fully saturated rings. The maximum Gasteiger partial charge on any atom is 0.252 e. The molecule has 1 aromatic rings. The summed E-state index contributed by atoms with van der Waals surface area (Å²) in [5.41, 5.74) is 0.318. The van der Waals surface area contributed by atoms with Gasteiger partial charge < -0.3 is 5.32 Å². The monoisotopic (exact) mass is 259 g/mol. The third-order valence-electron chi connectivity index (χ3n) is 1.62. The Morgan fingerprint density at radius 1 is 1.50 bits per heavy atom. The summed E-state index contributed by atoms with van der Waals surface area (Å²) in [6.45, 7) is 3.70. The van der Waals surface area contributed by atoms with Crippen LogP contribution in [0, 0.1) is 5.82 Å². The SMILES string of the molecule is CC(C)NC(=O)c1cccc(F)c1Br. The number of amides is 1. The maximum absolute atomic E-state index is 13.1. The molecule has 0 spiro atoms. The van der Waals surface area contributed by atoms with E-state index in [-0.39, 0.29) is 16.4 Å². The molecular weight excluding hydrogens is 249 g/mol. The summed E-state index contributed by atoms with van der Waals surface area (Å²) in [4.78, 5) is 11.5. The van der Waals surface area contributed by atoms with Crippen LogP contribution in [0.25, 0.3) is 0 Å². The number of halogens is 2. The summed E-state index contributed by atoms with van der Waals surface area (Å²) in [5.74, 6) is -0.701. The Morgan fingerprint density at radius 3 is 2.71 bits per heavy atom. The lowest BCUT2D eigenvalue weighted by atomic mass is 10.2. The number of nitrogens with one attached hydrogen (secondary N) is 1. The standard InChI is InChI=1S/C10H11BrFNO/c1-6(2)13-10(14)7-4-3-5-8(12)9(7)11/h3-6H,1-2H3,(H,13,14). The first-order valence-electron chi connectivity index (χ1n) is 4.27. The number of carbonyl (C=O) groups excluding carboxylic acids is 1. The minimum absolute atomic E-state index is 0.0395. The van der Waals surface area contributed by atoms with E-state index in [0.29, 0.717) is 5.56 Å². The third kappa shape index (κ3) is 2.54. The second-order valence-corrected chi connectivity index (χ2v) is 4.02. The first-order valence-corrected chi connectivity index (χ1v) is 5.06. The molecule has 76 valence electrons. The van der Waals surface area contributed by atoms with Gasteiger partial charge in [-0.2, -0.15) is 0 Å². The average molecular weight is 260 g/mol. The molecule has 0 unspecified atom stereocenters. The Bertz CT molecular complexity index is 352. The summed E-state index contributed by atoms with van der Waals surface area (Å²) in [6.07, 6.45) is 0. The first-order chi connectivity index (χ1) is 6.52. The molecule has 0 aliphatic heterocycles. The van der Waals surface area contributed by atoms with Crippen molar-refractivity contribution in [2.75, 3.05) is 0 Å². The van der Waals surface area contributed by atoms with Gasteiger partial charge in [-0.25, -0.2) is 4.39 Å². The average Bonchev–Trinajstić information content (AvgIpc) is 2.08. The molecule has 0 heterocycles. The Morgan fingerprint density at radius 2 is 2.14 bits per heavy atom. The Kier molecular flexibility index (Phi) is 3.63. The van der Waals surface area contributed by atoms with Crippen LogP contribution < -0.4 is 5.32 Å². The van der Waals surface area contributed by atoms with E-state index in [4.69, 9.17) is 0 Å². The van der Waals surface area contributed by atoms with Gasteiger partial charge in [-0.1, -0.05) is 6.07 Å². The second kappa shape index (κ2) is 4.55. The molecule has 0 aliphatic rings. The highest BCUT2D eigenvalue weighted by molar-refractivity contribution is 9.10. The predicted octanol–water partition coefficient (Wildman–Crippen LogP) is 2.73. The van der Waals surface area contributed by atoms with Gasteiger partial charge in [0.2, 0.25) is 0 Å². The number of carbonyl (C=O) groups is 1. The lowest BCUT2D eigenvalue weighted by Crippen LogP contribution is -2.30. The number of hydrogen-bond acceptors (Lipinski definition) is 1. The third-order valence-corrected chi connectivity index (χ3v) is 2.42. The van der Waals surface area contributed by atoms with Gasteiger partial charge in [-0.3, -0.25) is 4.79 Å². The van der Waals surface area contributed by atoms with Gasteiger partial charge in [0, 0.05) is 6.04 Å². The van der Waals surface area contributed by atoms with Gasteiger partial charge in [-0.15, -0.1) is 0 Å². The minimum Gasteiger partial charge on any atom is -0.350 e. The Labute approximate surface area is 90.6 Å². The number of hydrogen-bond donors (Lipinski definition) is 1. The van der Waals surface area contributed by atoms with Crippen molar-refractivity contribution in [3.63, 3.8) is 0 Å². The zero-order valence-electron chi connectivity index (χ0n) is 7.97. The van der Waals surface area contributed by atoms with Crippen LogP contribution >= 0.6 is 15.9 Å². The van der Waals surface area contributed by atoms with Crippen molar-refractivity contribution >= 4 is 21.8 Å². The number of rotatable bonds is 2. The van der Waals surface area contributed by atoms with Gasteiger partial charge >= 0.3 is 0 Å². The molecule has 0 saturated carbocycles. The molecule has 1 amide bonds. The van der Waals surface area contributed by atoms with E-state index in [1.165, 1.54) is 12.1 Å². The summed E-state index contributed by atoms with van der Waals surface area (Å²) < 4.78 is 13.3. The molecule has 4 heteroatoms. The van der Waals surface area contributed by atoms with Crippen LogP contribution in [0.15, 0.2) is 22.7 Å². The van der Waals surface area contributed by atoms with E-state index >= 15 is 0 Å². The van der Waals surface area contributed by atoms with Crippen LogP contribution in [-0.4, -0.2) is 11.9 Å². The minimum atomic E-state index is -0.429. The fourth-order valence-electron chi connectivity index (χ4n) is 1.02. The van der Waals surface area contributed by atoms with E-state index in [1.807, 2.05) is 13.8 Å². The normalized spacial score (nSPS) is 10.4. The summed E-state index contributed by atoms with van der Waals surface area (Å²) >= 11 is 3.03. The van der Waals surface area contributed by atoms with Crippen molar-refractivity contribution in [2.24, 2.45) is 0 Å². The molecule has 1 rings (SSSR count). The summed E-state index contributed by atoms with van der Waals surface area (Å²) in [7, 11) is 0. The van der Waals surface area contributed by atoms with Crippen molar-refractivity contribution < 1.29 is 9.18 Å². The quantitative estimate of drug-likeness (QED) is 0.870. The van der Waals surface area contributed by atoms with Crippen molar-refractivity contribution in [1.29, 1.82) is 0 Å². The molecule has 1 N–H and O–H groups in total. The van der Waals surface area contributed by atoms with E-state index < -0.39 is 5.82 Å². The molecule has 0 aromatic heterocycles. The largest absolute Gasteiger partial charge is 0.350 e. The lowest BCUT2D eigenvalue weighted by molar-refractivity contribution is 0.0942. The maximum atomic E-state index is 13.1. The second-order valence-electron chi connectivity index (χ2n) is 3.23. The molecule has 2 nitrogen and oxygen atoms in total. The van der Waals surface area contributed by atoms with E-state index in [1.54, 1.807) is 6.07 Å². The first kappa shape index (κ1) is 11.2. The topological polar surface area (TPSA) is 29.1 Å². The van der Waals surface area contributed by atoms with Crippen LogP contribution in [0.3, 0.4) is 0 Å².